The lowest BCUT2D eigenvalue weighted by Gasteiger charge is -2.18. The van der Waals surface area contributed by atoms with E-state index in [9.17, 15) is 14.4 Å². The largest absolute Gasteiger partial charge is 0.462 e. The first-order chi connectivity index (χ1) is 29.0. The standard InChI is InChI=1S/C53H98O6/c1-4-7-10-13-16-18-20-22-24-25-26-27-28-30-31-33-35-37-40-43-46-52(55)58-49-50(48-57-51(54)45-42-39-15-12-9-6-3)59-53(56)47-44-41-38-36-34-32-29-23-21-19-17-14-11-8-5-2/h17,19,23,29,50H,4-16,18,20-22,24-28,30-49H2,1-3H3/b19-17-,29-23-. The van der Waals surface area contributed by atoms with E-state index in [-0.39, 0.29) is 31.1 Å². The van der Waals surface area contributed by atoms with Crippen LogP contribution in [0.5, 0.6) is 0 Å². The predicted molar refractivity (Wildman–Crippen MR) is 252 cm³/mol. The molecule has 6 nitrogen and oxygen atoms in total. The van der Waals surface area contributed by atoms with E-state index < -0.39 is 6.10 Å². The van der Waals surface area contributed by atoms with Crippen molar-refractivity contribution in [3.8, 4) is 0 Å². The van der Waals surface area contributed by atoms with Gasteiger partial charge in [0.05, 0.1) is 0 Å². The van der Waals surface area contributed by atoms with Crippen molar-refractivity contribution >= 4 is 17.9 Å². The molecule has 0 aliphatic carbocycles. The summed E-state index contributed by atoms with van der Waals surface area (Å²) in [5.74, 6) is -0.885. The number of unbranched alkanes of at least 4 members (excludes halogenated alkanes) is 32. The van der Waals surface area contributed by atoms with Crippen LogP contribution >= 0.6 is 0 Å². The third-order valence-corrected chi connectivity index (χ3v) is 11.5. The first-order valence-corrected chi connectivity index (χ1v) is 25.8. The molecule has 0 fully saturated rings. The summed E-state index contributed by atoms with van der Waals surface area (Å²) in [4.78, 5) is 37.7. The second-order valence-corrected chi connectivity index (χ2v) is 17.4. The van der Waals surface area contributed by atoms with E-state index in [2.05, 4.69) is 45.1 Å². The fraction of sp³-hybridized carbons (Fsp3) is 0.868. The lowest BCUT2D eigenvalue weighted by atomic mass is 10.0. The third kappa shape index (κ3) is 46.8. The van der Waals surface area contributed by atoms with Gasteiger partial charge in [-0.2, -0.15) is 0 Å². The SMILES string of the molecule is CCCCC/C=C\C/C=C\CCCCCCCC(=O)OC(COC(=O)CCCCCCCC)COC(=O)CCCCCCCCCCCCCCCCCCCCCC. The summed E-state index contributed by atoms with van der Waals surface area (Å²) < 4.78 is 16.7. The summed E-state index contributed by atoms with van der Waals surface area (Å²) in [5.41, 5.74) is 0. The molecule has 0 amide bonds. The average Bonchev–Trinajstić information content (AvgIpc) is 3.23. The number of rotatable bonds is 47. The number of carbonyl (C=O) groups excluding carboxylic acids is 3. The molecule has 0 spiro atoms. The predicted octanol–water partition coefficient (Wildman–Crippen LogP) is 16.8. The van der Waals surface area contributed by atoms with Gasteiger partial charge in [0.1, 0.15) is 13.2 Å². The van der Waals surface area contributed by atoms with Crippen LogP contribution < -0.4 is 0 Å². The van der Waals surface area contributed by atoms with Gasteiger partial charge in [-0.1, -0.05) is 231 Å². The highest BCUT2D eigenvalue weighted by Gasteiger charge is 2.19. The summed E-state index contributed by atoms with van der Waals surface area (Å²) >= 11 is 0. The molecule has 0 bridgehead atoms. The van der Waals surface area contributed by atoms with E-state index in [1.807, 2.05) is 0 Å². The summed E-state index contributed by atoms with van der Waals surface area (Å²) in [5, 5.41) is 0. The maximum Gasteiger partial charge on any atom is 0.306 e. The molecule has 0 rings (SSSR count). The molecule has 1 unspecified atom stereocenters. The Bertz CT molecular complexity index is 958. The van der Waals surface area contributed by atoms with Gasteiger partial charge in [-0.3, -0.25) is 14.4 Å². The second-order valence-electron chi connectivity index (χ2n) is 17.4. The molecule has 0 aromatic carbocycles. The third-order valence-electron chi connectivity index (χ3n) is 11.5. The van der Waals surface area contributed by atoms with Crippen LogP contribution in [0.3, 0.4) is 0 Å². The molecular weight excluding hydrogens is 733 g/mol. The van der Waals surface area contributed by atoms with E-state index in [1.165, 1.54) is 154 Å². The van der Waals surface area contributed by atoms with Gasteiger partial charge in [0.2, 0.25) is 0 Å². The Hall–Kier alpha value is -2.11. The Morgan fingerprint density at radius 3 is 0.966 bits per heavy atom. The minimum Gasteiger partial charge on any atom is -0.462 e. The van der Waals surface area contributed by atoms with E-state index >= 15 is 0 Å². The molecule has 6 heteroatoms. The van der Waals surface area contributed by atoms with Crippen molar-refractivity contribution in [2.45, 2.75) is 284 Å². The number of hydrogen-bond acceptors (Lipinski definition) is 6. The molecule has 0 radical (unpaired) electrons. The van der Waals surface area contributed by atoms with Gasteiger partial charge in [0.25, 0.3) is 0 Å². The van der Waals surface area contributed by atoms with Gasteiger partial charge in [0, 0.05) is 19.3 Å². The van der Waals surface area contributed by atoms with E-state index in [4.69, 9.17) is 14.2 Å². The zero-order valence-corrected chi connectivity index (χ0v) is 39.5. The van der Waals surface area contributed by atoms with Crippen LogP contribution in [0.25, 0.3) is 0 Å². The highest BCUT2D eigenvalue weighted by Crippen LogP contribution is 2.16. The Kier molecular flexibility index (Phi) is 46.8. The number of ether oxygens (including phenoxy) is 3. The molecule has 1 atom stereocenters. The van der Waals surface area contributed by atoms with E-state index in [1.54, 1.807) is 0 Å². The van der Waals surface area contributed by atoms with E-state index in [0.29, 0.717) is 19.3 Å². The topological polar surface area (TPSA) is 78.9 Å². The smallest absolute Gasteiger partial charge is 0.306 e. The Labute approximate surface area is 366 Å². The molecule has 0 aromatic heterocycles. The van der Waals surface area contributed by atoms with Gasteiger partial charge in [-0.05, 0) is 51.4 Å². The van der Waals surface area contributed by atoms with Crippen molar-refractivity contribution < 1.29 is 28.6 Å². The number of esters is 3. The van der Waals surface area contributed by atoms with Crippen molar-refractivity contribution in [3.63, 3.8) is 0 Å². The highest BCUT2D eigenvalue weighted by molar-refractivity contribution is 5.71. The van der Waals surface area contributed by atoms with Crippen molar-refractivity contribution in [3.05, 3.63) is 24.3 Å². The van der Waals surface area contributed by atoms with Crippen LogP contribution in [0.1, 0.15) is 278 Å². The molecule has 0 aromatic rings. The molecule has 0 saturated heterocycles. The molecule has 0 N–H and O–H groups in total. The van der Waals surface area contributed by atoms with Crippen LogP contribution in [-0.4, -0.2) is 37.2 Å². The fourth-order valence-corrected chi connectivity index (χ4v) is 7.53. The molecule has 0 aliphatic rings. The zero-order valence-electron chi connectivity index (χ0n) is 39.5. The lowest BCUT2D eigenvalue weighted by molar-refractivity contribution is -0.167. The molecule has 0 aliphatic heterocycles. The molecular formula is C53H98O6. The first-order valence-electron chi connectivity index (χ1n) is 25.8. The van der Waals surface area contributed by atoms with Gasteiger partial charge in [-0.25, -0.2) is 0 Å². The quantitative estimate of drug-likeness (QED) is 0.0263. The summed E-state index contributed by atoms with van der Waals surface area (Å²) in [6.45, 7) is 6.57. The maximum atomic E-state index is 12.7. The lowest BCUT2D eigenvalue weighted by Crippen LogP contribution is -2.30. The van der Waals surface area contributed by atoms with E-state index in [0.717, 1.165) is 83.5 Å². The van der Waals surface area contributed by atoms with Gasteiger partial charge in [-0.15, -0.1) is 0 Å². The number of allylic oxidation sites excluding steroid dienone is 4. The molecule has 0 saturated carbocycles. The maximum absolute atomic E-state index is 12.7. The minimum atomic E-state index is -0.771. The monoisotopic (exact) mass is 831 g/mol. The van der Waals surface area contributed by atoms with Crippen LogP contribution in [0.2, 0.25) is 0 Å². The molecule has 346 valence electrons. The van der Waals surface area contributed by atoms with Crippen LogP contribution in [-0.2, 0) is 28.6 Å². The fourth-order valence-electron chi connectivity index (χ4n) is 7.53. The Morgan fingerprint density at radius 1 is 0.339 bits per heavy atom. The molecule has 59 heavy (non-hydrogen) atoms. The van der Waals surface area contributed by atoms with Crippen LogP contribution in [0, 0.1) is 0 Å². The van der Waals surface area contributed by atoms with Crippen molar-refractivity contribution in [2.24, 2.45) is 0 Å². The molecule has 0 heterocycles. The van der Waals surface area contributed by atoms with Gasteiger partial charge < -0.3 is 14.2 Å². The summed E-state index contributed by atoms with van der Waals surface area (Å²) in [6, 6.07) is 0. The minimum absolute atomic E-state index is 0.0732. The Morgan fingerprint density at radius 2 is 0.610 bits per heavy atom. The summed E-state index contributed by atoms with van der Waals surface area (Å²) in [7, 11) is 0. The van der Waals surface area contributed by atoms with Crippen molar-refractivity contribution in [2.75, 3.05) is 13.2 Å². The van der Waals surface area contributed by atoms with Crippen molar-refractivity contribution in [1.29, 1.82) is 0 Å². The summed E-state index contributed by atoms with van der Waals surface area (Å²) in [6.07, 6.45) is 54.8. The van der Waals surface area contributed by atoms with Gasteiger partial charge >= 0.3 is 17.9 Å². The van der Waals surface area contributed by atoms with Gasteiger partial charge in [0.15, 0.2) is 6.10 Å². The highest BCUT2D eigenvalue weighted by atomic mass is 16.6. The average molecular weight is 831 g/mol. The Balaban J connectivity index is 4.16. The second kappa shape index (κ2) is 48.6. The zero-order chi connectivity index (χ0) is 43.0. The van der Waals surface area contributed by atoms with Crippen molar-refractivity contribution in [1.82, 2.24) is 0 Å². The number of carbonyl (C=O) groups is 3. The van der Waals surface area contributed by atoms with Crippen LogP contribution in [0.15, 0.2) is 24.3 Å². The first kappa shape index (κ1) is 56.9. The normalized spacial score (nSPS) is 12.1. The number of hydrogen-bond donors (Lipinski definition) is 0. The van der Waals surface area contributed by atoms with Crippen LogP contribution in [0.4, 0.5) is 0 Å².